The van der Waals surface area contributed by atoms with Crippen molar-refractivity contribution in [1.82, 2.24) is 9.96 Å². The molecule has 0 aromatic heterocycles. The van der Waals surface area contributed by atoms with E-state index in [-0.39, 0.29) is 0 Å². The monoisotopic (exact) mass is 160 g/mol. The first-order valence-electron chi connectivity index (χ1n) is 3.84. The fourth-order valence-corrected chi connectivity index (χ4v) is 2.88. The number of hydrogen-bond donors (Lipinski definition) is 2. The highest BCUT2D eigenvalue weighted by Gasteiger charge is 2.16. The third kappa shape index (κ3) is 4.96. The van der Waals surface area contributed by atoms with Crippen LogP contribution in [-0.4, -0.2) is 23.2 Å². The Balaban J connectivity index is 3.63. The van der Waals surface area contributed by atoms with Gasteiger partial charge in [0, 0.05) is 0 Å². The van der Waals surface area contributed by atoms with Gasteiger partial charge in [0.15, 0.2) is 9.12 Å². The van der Waals surface area contributed by atoms with Crippen LogP contribution in [0.3, 0.4) is 0 Å². The Labute approximate surface area is 66.2 Å². The van der Waals surface area contributed by atoms with Crippen molar-refractivity contribution >= 4 is 9.12 Å². The van der Waals surface area contributed by atoms with Gasteiger partial charge < -0.3 is 9.96 Å². The minimum Gasteiger partial charge on any atom is -0.331 e. The molecule has 0 saturated heterocycles. The maximum absolute atomic E-state index is 3.34. The highest BCUT2D eigenvalue weighted by Crippen LogP contribution is 2.19. The summed E-state index contributed by atoms with van der Waals surface area (Å²) in [6.07, 6.45) is 0. The molecular formula is C7H20N2Si. The summed E-state index contributed by atoms with van der Waals surface area (Å²) in [7, 11) is 3.26. The van der Waals surface area contributed by atoms with Crippen molar-refractivity contribution in [3.63, 3.8) is 0 Å². The summed E-state index contributed by atoms with van der Waals surface area (Å²) in [6, 6.07) is 1.29. The first-order chi connectivity index (χ1) is 4.49. The summed E-state index contributed by atoms with van der Waals surface area (Å²) in [6.45, 7) is 6.84. The molecule has 0 amide bonds. The molecule has 10 heavy (non-hydrogen) atoms. The van der Waals surface area contributed by atoms with Gasteiger partial charge in [0.2, 0.25) is 0 Å². The molecule has 2 N–H and O–H groups in total. The van der Waals surface area contributed by atoms with Crippen LogP contribution in [0.5, 0.6) is 0 Å². The number of rotatable bonds is 3. The molecule has 0 aliphatic rings. The third-order valence-electron chi connectivity index (χ3n) is 1.51. The SMILES string of the molecule is CN[SiH](CC(C)(C)C)NC. The normalized spacial score (nSPS) is 12.6. The lowest BCUT2D eigenvalue weighted by Crippen LogP contribution is -2.45. The quantitative estimate of drug-likeness (QED) is 0.594. The van der Waals surface area contributed by atoms with Crippen molar-refractivity contribution in [3.05, 3.63) is 0 Å². The molecule has 0 unspecified atom stereocenters. The third-order valence-corrected chi connectivity index (χ3v) is 4.54. The largest absolute Gasteiger partial charge is 0.331 e. The van der Waals surface area contributed by atoms with Gasteiger partial charge in [-0.1, -0.05) is 20.8 Å². The van der Waals surface area contributed by atoms with E-state index in [4.69, 9.17) is 0 Å². The van der Waals surface area contributed by atoms with E-state index in [0.717, 1.165) is 0 Å². The van der Waals surface area contributed by atoms with Crippen LogP contribution in [0.25, 0.3) is 0 Å². The smallest absolute Gasteiger partial charge is 0.184 e. The second-order valence-electron chi connectivity index (χ2n) is 3.89. The van der Waals surface area contributed by atoms with Crippen LogP contribution >= 0.6 is 0 Å². The van der Waals surface area contributed by atoms with E-state index in [9.17, 15) is 0 Å². The van der Waals surface area contributed by atoms with E-state index in [2.05, 4.69) is 30.7 Å². The minimum absolute atomic E-state index is 0.461. The molecule has 0 radical (unpaired) electrons. The zero-order chi connectivity index (χ0) is 8.20. The zero-order valence-corrected chi connectivity index (χ0v) is 8.94. The first-order valence-corrected chi connectivity index (χ1v) is 5.81. The summed E-state index contributed by atoms with van der Waals surface area (Å²) in [5.41, 5.74) is 0.461. The molecule has 0 aromatic carbocycles. The molecule has 0 aliphatic heterocycles. The lowest BCUT2D eigenvalue weighted by atomic mass is 10.0. The van der Waals surface area contributed by atoms with E-state index < -0.39 is 9.12 Å². The predicted molar refractivity (Wildman–Crippen MR) is 49.5 cm³/mol. The summed E-state index contributed by atoms with van der Waals surface area (Å²) in [5, 5.41) is 0. The average molecular weight is 160 g/mol. The molecule has 0 rings (SSSR count). The van der Waals surface area contributed by atoms with Crippen LogP contribution in [0.4, 0.5) is 0 Å². The van der Waals surface area contributed by atoms with Gasteiger partial charge in [0.1, 0.15) is 0 Å². The molecule has 62 valence electrons. The summed E-state index contributed by atoms with van der Waals surface area (Å²) in [5.74, 6) is 0. The van der Waals surface area contributed by atoms with Gasteiger partial charge >= 0.3 is 0 Å². The summed E-state index contributed by atoms with van der Waals surface area (Å²) < 4.78 is 0. The predicted octanol–water partition coefficient (Wildman–Crippen LogP) is 0.692. The summed E-state index contributed by atoms with van der Waals surface area (Å²) >= 11 is 0. The van der Waals surface area contributed by atoms with Crippen molar-refractivity contribution in [2.45, 2.75) is 26.8 Å². The van der Waals surface area contributed by atoms with Crippen molar-refractivity contribution < 1.29 is 0 Å². The second kappa shape index (κ2) is 4.11. The maximum Gasteiger partial charge on any atom is 0.184 e. The maximum atomic E-state index is 3.34. The van der Waals surface area contributed by atoms with E-state index in [1.807, 2.05) is 14.1 Å². The lowest BCUT2D eigenvalue weighted by Gasteiger charge is -2.23. The highest BCUT2D eigenvalue weighted by atomic mass is 28.3. The van der Waals surface area contributed by atoms with Crippen LogP contribution < -0.4 is 9.96 Å². The average Bonchev–Trinajstić information content (AvgIpc) is 1.81. The van der Waals surface area contributed by atoms with Crippen molar-refractivity contribution in [2.75, 3.05) is 14.1 Å². The van der Waals surface area contributed by atoms with Crippen LogP contribution in [0.1, 0.15) is 20.8 Å². The minimum atomic E-state index is -0.817. The molecule has 0 heterocycles. The molecule has 0 aromatic rings. The Hall–Kier alpha value is 0.137. The van der Waals surface area contributed by atoms with Crippen LogP contribution in [0.15, 0.2) is 0 Å². The molecule has 0 atom stereocenters. The lowest BCUT2D eigenvalue weighted by molar-refractivity contribution is 0.459. The van der Waals surface area contributed by atoms with Crippen LogP contribution in [0.2, 0.25) is 6.04 Å². The molecule has 3 heteroatoms. The van der Waals surface area contributed by atoms with E-state index >= 15 is 0 Å². The second-order valence-corrected chi connectivity index (χ2v) is 6.56. The highest BCUT2D eigenvalue weighted by molar-refractivity contribution is 6.53. The van der Waals surface area contributed by atoms with Crippen LogP contribution in [-0.2, 0) is 0 Å². The molecule has 2 nitrogen and oxygen atoms in total. The van der Waals surface area contributed by atoms with Gasteiger partial charge in [-0.2, -0.15) is 0 Å². The van der Waals surface area contributed by atoms with Gasteiger partial charge in [-0.3, -0.25) is 0 Å². The van der Waals surface area contributed by atoms with E-state index in [1.165, 1.54) is 6.04 Å². The van der Waals surface area contributed by atoms with Gasteiger partial charge in [0.05, 0.1) is 0 Å². The van der Waals surface area contributed by atoms with Gasteiger partial charge in [0.25, 0.3) is 0 Å². The molecule has 0 fully saturated rings. The molecule has 0 saturated carbocycles. The standard InChI is InChI=1S/C7H20N2Si/c1-7(2,3)6-10(8-4)9-5/h8-10H,6H2,1-5H3. The van der Waals surface area contributed by atoms with Gasteiger partial charge in [-0.25, -0.2) is 0 Å². The zero-order valence-electron chi connectivity index (χ0n) is 7.78. The molecule has 0 aliphatic carbocycles. The number of nitrogens with one attached hydrogen (secondary N) is 2. The number of hydrogen-bond acceptors (Lipinski definition) is 2. The Morgan fingerprint density at radius 2 is 1.50 bits per heavy atom. The van der Waals surface area contributed by atoms with Crippen molar-refractivity contribution in [2.24, 2.45) is 5.41 Å². The Kier molecular flexibility index (Phi) is 4.16. The topological polar surface area (TPSA) is 24.1 Å². The summed E-state index contributed by atoms with van der Waals surface area (Å²) in [4.78, 5) is 6.67. The Bertz CT molecular complexity index is 84.1. The Morgan fingerprint density at radius 3 is 1.60 bits per heavy atom. The molecule has 0 bridgehead atoms. The molecule has 0 spiro atoms. The molecular weight excluding hydrogens is 140 g/mol. The fraction of sp³-hybridized carbons (Fsp3) is 1.00. The van der Waals surface area contributed by atoms with Gasteiger partial charge in [-0.15, -0.1) is 0 Å². The van der Waals surface area contributed by atoms with Crippen LogP contribution in [0, 0.1) is 5.41 Å². The first kappa shape index (κ1) is 10.1. The Morgan fingerprint density at radius 1 is 1.10 bits per heavy atom. The van der Waals surface area contributed by atoms with Crippen molar-refractivity contribution in [1.29, 1.82) is 0 Å². The van der Waals surface area contributed by atoms with E-state index in [0.29, 0.717) is 5.41 Å². The van der Waals surface area contributed by atoms with E-state index in [1.54, 1.807) is 0 Å². The van der Waals surface area contributed by atoms with Gasteiger partial charge in [-0.05, 0) is 25.6 Å². The van der Waals surface area contributed by atoms with Crippen molar-refractivity contribution in [3.8, 4) is 0 Å². The fourth-order valence-electron chi connectivity index (χ4n) is 0.961.